The van der Waals surface area contributed by atoms with Crippen molar-refractivity contribution >= 4 is 17.5 Å². The second-order valence-corrected chi connectivity index (χ2v) is 7.77. The summed E-state index contributed by atoms with van der Waals surface area (Å²) in [7, 11) is 0. The molecule has 156 valence electrons. The van der Waals surface area contributed by atoms with E-state index in [1.54, 1.807) is 13.0 Å². The summed E-state index contributed by atoms with van der Waals surface area (Å²) in [6, 6.07) is 17.6. The van der Waals surface area contributed by atoms with E-state index in [1.807, 2.05) is 36.4 Å². The molecule has 0 spiro atoms. The first-order valence-corrected chi connectivity index (χ1v) is 10.4. The fraction of sp³-hybridized carbons (Fsp3) is 0.304. The third-order valence-electron chi connectivity index (χ3n) is 5.18. The van der Waals surface area contributed by atoms with Crippen LogP contribution in [-0.4, -0.2) is 48.3 Å². The van der Waals surface area contributed by atoms with E-state index in [0.29, 0.717) is 40.8 Å². The molecule has 1 saturated heterocycles. The van der Waals surface area contributed by atoms with Gasteiger partial charge in [-0.2, -0.15) is 0 Å². The molecule has 30 heavy (non-hydrogen) atoms. The Kier molecular flexibility index (Phi) is 6.47. The van der Waals surface area contributed by atoms with Crippen LogP contribution in [0.15, 0.2) is 59.1 Å². The average molecular weight is 426 g/mol. The Morgan fingerprint density at radius 1 is 1.20 bits per heavy atom. The monoisotopic (exact) mass is 425 g/mol. The molecule has 3 aromatic rings. The lowest BCUT2D eigenvalue weighted by molar-refractivity contribution is -0.0292. The molecule has 1 atom stereocenters. The highest BCUT2D eigenvalue weighted by Crippen LogP contribution is 2.30. The number of hydrogen-bond donors (Lipinski definition) is 1. The summed E-state index contributed by atoms with van der Waals surface area (Å²) in [6.45, 7) is 5.29. The number of nitrogens with one attached hydrogen (secondary N) is 1. The standard InChI is InChI=1S/C23H24ClN3O3/c1-16-21(22(26-30-16)19-9-5-6-10-20(19)24)23(28)25-13-18-15-27(11-12-29-18)14-17-7-3-2-4-8-17/h2-10,18H,11-15H2,1H3,(H,25,28). The predicted molar refractivity (Wildman–Crippen MR) is 115 cm³/mol. The Labute approximate surface area is 180 Å². The summed E-state index contributed by atoms with van der Waals surface area (Å²) >= 11 is 6.29. The molecule has 1 amide bonds. The molecule has 1 aromatic heterocycles. The molecule has 2 heterocycles. The number of benzene rings is 2. The molecular weight excluding hydrogens is 402 g/mol. The van der Waals surface area contributed by atoms with Gasteiger partial charge in [0.2, 0.25) is 0 Å². The average Bonchev–Trinajstić information content (AvgIpc) is 3.14. The number of carbonyl (C=O) groups is 1. The first kappa shape index (κ1) is 20.6. The van der Waals surface area contributed by atoms with Crippen LogP contribution in [0.4, 0.5) is 0 Å². The number of aryl methyl sites for hydroxylation is 1. The summed E-state index contributed by atoms with van der Waals surface area (Å²) in [5.41, 5.74) is 2.79. The molecule has 6 nitrogen and oxygen atoms in total. The minimum absolute atomic E-state index is 0.0738. The smallest absolute Gasteiger partial charge is 0.257 e. The predicted octanol–water partition coefficient (Wildman–Crippen LogP) is 3.93. The Balaban J connectivity index is 1.39. The maximum atomic E-state index is 12.9. The van der Waals surface area contributed by atoms with Crippen molar-refractivity contribution in [3.05, 3.63) is 76.5 Å². The van der Waals surface area contributed by atoms with Crippen molar-refractivity contribution in [3.63, 3.8) is 0 Å². The fourth-order valence-electron chi connectivity index (χ4n) is 3.66. The topological polar surface area (TPSA) is 67.6 Å². The minimum atomic E-state index is -0.243. The quantitative estimate of drug-likeness (QED) is 0.648. The van der Waals surface area contributed by atoms with Gasteiger partial charge in [-0.25, -0.2) is 0 Å². The van der Waals surface area contributed by atoms with Crippen LogP contribution in [-0.2, 0) is 11.3 Å². The van der Waals surface area contributed by atoms with E-state index in [-0.39, 0.29) is 12.0 Å². The molecule has 0 bridgehead atoms. The van der Waals surface area contributed by atoms with Crippen molar-refractivity contribution in [2.45, 2.75) is 19.6 Å². The van der Waals surface area contributed by atoms with Crippen LogP contribution in [0.1, 0.15) is 21.7 Å². The lowest BCUT2D eigenvalue weighted by Crippen LogP contribution is -2.47. The number of ether oxygens (including phenoxy) is 1. The van der Waals surface area contributed by atoms with Crippen LogP contribution in [0, 0.1) is 6.92 Å². The number of amides is 1. The van der Waals surface area contributed by atoms with E-state index >= 15 is 0 Å². The minimum Gasteiger partial charge on any atom is -0.374 e. The molecule has 1 unspecified atom stereocenters. The van der Waals surface area contributed by atoms with Crippen molar-refractivity contribution in [1.82, 2.24) is 15.4 Å². The summed E-state index contributed by atoms with van der Waals surface area (Å²) in [5, 5.41) is 7.56. The number of hydrogen-bond acceptors (Lipinski definition) is 5. The molecule has 7 heteroatoms. The van der Waals surface area contributed by atoms with Gasteiger partial charge in [-0.15, -0.1) is 0 Å². The molecule has 2 aromatic carbocycles. The van der Waals surface area contributed by atoms with Gasteiger partial charge in [-0.05, 0) is 18.6 Å². The van der Waals surface area contributed by atoms with E-state index in [2.05, 4.69) is 27.5 Å². The van der Waals surface area contributed by atoms with E-state index in [0.717, 1.165) is 19.6 Å². The third kappa shape index (κ3) is 4.73. The maximum Gasteiger partial charge on any atom is 0.257 e. The first-order chi connectivity index (χ1) is 14.6. The maximum absolute atomic E-state index is 12.9. The fourth-order valence-corrected chi connectivity index (χ4v) is 3.89. The van der Waals surface area contributed by atoms with E-state index in [1.165, 1.54) is 5.56 Å². The van der Waals surface area contributed by atoms with Gasteiger partial charge in [-0.3, -0.25) is 9.69 Å². The zero-order chi connectivity index (χ0) is 20.9. The van der Waals surface area contributed by atoms with Gasteiger partial charge in [0.25, 0.3) is 5.91 Å². The Morgan fingerprint density at radius 3 is 2.77 bits per heavy atom. The van der Waals surface area contributed by atoms with E-state index < -0.39 is 0 Å². The van der Waals surface area contributed by atoms with Crippen molar-refractivity contribution in [2.24, 2.45) is 0 Å². The van der Waals surface area contributed by atoms with Gasteiger partial charge in [0.1, 0.15) is 17.0 Å². The molecule has 1 N–H and O–H groups in total. The molecule has 1 aliphatic rings. The SMILES string of the molecule is Cc1onc(-c2ccccc2Cl)c1C(=O)NCC1CN(Cc2ccccc2)CCO1. The molecule has 0 radical (unpaired) electrons. The van der Waals surface area contributed by atoms with Crippen LogP contribution in [0.5, 0.6) is 0 Å². The largest absolute Gasteiger partial charge is 0.374 e. The highest BCUT2D eigenvalue weighted by Gasteiger charge is 2.25. The van der Waals surface area contributed by atoms with Crippen molar-refractivity contribution in [2.75, 3.05) is 26.2 Å². The lowest BCUT2D eigenvalue weighted by Gasteiger charge is -2.33. The molecule has 1 fully saturated rings. The molecule has 4 rings (SSSR count). The van der Waals surface area contributed by atoms with Gasteiger partial charge in [-0.1, -0.05) is 65.3 Å². The van der Waals surface area contributed by atoms with Crippen LogP contribution >= 0.6 is 11.6 Å². The number of nitrogens with zero attached hydrogens (tertiary/aromatic N) is 2. The second kappa shape index (κ2) is 9.43. The number of halogens is 1. The van der Waals surface area contributed by atoms with Gasteiger partial charge in [0.15, 0.2) is 0 Å². The summed E-state index contributed by atoms with van der Waals surface area (Å²) in [6.07, 6.45) is -0.0738. The van der Waals surface area contributed by atoms with Gasteiger partial charge < -0.3 is 14.6 Å². The zero-order valence-electron chi connectivity index (χ0n) is 16.8. The number of aromatic nitrogens is 1. The Hall–Kier alpha value is -2.67. The normalized spacial score (nSPS) is 17.1. The highest BCUT2D eigenvalue weighted by molar-refractivity contribution is 6.33. The lowest BCUT2D eigenvalue weighted by atomic mass is 10.1. The van der Waals surface area contributed by atoms with Crippen LogP contribution < -0.4 is 5.32 Å². The number of morpholine rings is 1. The molecule has 0 saturated carbocycles. The number of rotatable bonds is 6. The van der Waals surface area contributed by atoms with Crippen LogP contribution in [0.25, 0.3) is 11.3 Å². The van der Waals surface area contributed by atoms with Crippen molar-refractivity contribution < 1.29 is 14.1 Å². The van der Waals surface area contributed by atoms with Crippen molar-refractivity contribution in [3.8, 4) is 11.3 Å². The second-order valence-electron chi connectivity index (χ2n) is 7.37. The van der Waals surface area contributed by atoms with Crippen LogP contribution in [0.2, 0.25) is 5.02 Å². The van der Waals surface area contributed by atoms with Crippen molar-refractivity contribution in [1.29, 1.82) is 0 Å². The van der Waals surface area contributed by atoms with E-state index in [4.69, 9.17) is 20.9 Å². The van der Waals surface area contributed by atoms with Gasteiger partial charge in [0.05, 0.1) is 17.7 Å². The molecular formula is C23H24ClN3O3. The third-order valence-corrected chi connectivity index (χ3v) is 5.51. The Bertz CT molecular complexity index is 1010. The molecule has 1 aliphatic heterocycles. The zero-order valence-corrected chi connectivity index (χ0v) is 17.6. The summed E-state index contributed by atoms with van der Waals surface area (Å²) in [4.78, 5) is 15.3. The Morgan fingerprint density at radius 2 is 1.97 bits per heavy atom. The molecule has 0 aliphatic carbocycles. The first-order valence-electron chi connectivity index (χ1n) is 9.99. The van der Waals surface area contributed by atoms with Gasteiger partial charge in [0, 0.05) is 31.7 Å². The van der Waals surface area contributed by atoms with Crippen LogP contribution in [0.3, 0.4) is 0 Å². The summed E-state index contributed by atoms with van der Waals surface area (Å²) in [5.74, 6) is 0.213. The van der Waals surface area contributed by atoms with E-state index in [9.17, 15) is 4.79 Å². The summed E-state index contributed by atoms with van der Waals surface area (Å²) < 4.78 is 11.2. The number of carbonyl (C=O) groups excluding carboxylic acids is 1. The highest BCUT2D eigenvalue weighted by atomic mass is 35.5. The van der Waals surface area contributed by atoms with Gasteiger partial charge >= 0.3 is 0 Å².